The highest BCUT2D eigenvalue weighted by molar-refractivity contribution is 7.12. The summed E-state index contributed by atoms with van der Waals surface area (Å²) in [5.74, 6) is -2.69. The van der Waals surface area contributed by atoms with Crippen molar-refractivity contribution in [3.63, 3.8) is 0 Å². The predicted molar refractivity (Wildman–Crippen MR) is 110 cm³/mol. The first-order valence-electron chi connectivity index (χ1n) is 9.78. The number of carboxylic acids is 1. The van der Waals surface area contributed by atoms with E-state index < -0.39 is 36.4 Å². The van der Waals surface area contributed by atoms with Gasteiger partial charge in [0, 0.05) is 6.54 Å². The average molecular weight is 438 g/mol. The van der Waals surface area contributed by atoms with Gasteiger partial charge < -0.3 is 25.4 Å². The second-order valence-electron chi connectivity index (χ2n) is 7.67. The van der Waals surface area contributed by atoms with Gasteiger partial charge in [-0.1, -0.05) is 13.8 Å². The van der Waals surface area contributed by atoms with E-state index in [1.54, 1.807) is 5.38 Å². The van der Waals surface area contributed by atoms with E-state index in [-0.39, 0.29) is 17.7 Å². The summed E-state index contributed by atoms with van der Waals surface area (Å²) in [4.78, 5) is 62.2. The molecule has 1 aliphatic heterocycles. The fourth-order valence-electron chi connectivity index (χ4n) is 3.41. The Bertz CT molecular complexity index is 821. The Morgan fingerprint density at radius 2 is 2.00 bits per heavy atom. The van der Waals surface area contributed by atoms with Gasteiger partial charge >= 0.3 is 5.97 Å². The first-order valence-corrected chi connectivity index (χ1v) is 10.7. The van der Waals surface area contributed by atoms with Crippen LogP contribution >= 0.6 is 11.3 Å². The van der Waals surface area contributed by atoms with E-state index in [1.165, 1.54) is 16.2 Å². The average Bonchev–Trinajstić information content (AvgIpc) is 3.33. The van der Waals surface area contributed by atoms with Crippen molar-refractivity contribution in [1.82, 2.24) is 15.5 Å². The number of hydrogen-bond acceptors (Lipinski definition) is 6. The molecule has 164 valence electrons. The molecular weight excluding hydrogens is 410 g/mol. The smallest absolute Gasteiger partial charge is 0.305 e. The molecule has 3 N–H and O–H groups in total. The number of thiophene rings is 1. The number of rotatable bonds is 9. The van der Waals surface area contributed by atoms with Crippen molar-refractivity contribution in [3.05, 3.63) is 21.9 Å². The summed E-state index contributed by atoms with van der Waals surface area (Å²) < 4.78 is 0. The predicted octanol–water partition coefficient (Wildman–Crippen LogP) is 0.960. The summed E-state index contributed by atoms with van der Waals surface area (Å²) >= 11 is 1.29. The summed E-state index contributed by atoms with van der Waals surface area (Å²) in [6.45, 7) is 5.78. The number of carboxylic acid groups (broad SMARTS) is 1. The molecule has 0 radical (unpaired) electrons. The SMILES string of the molecule is Cc1ccsc1C(=O)N[C@H](C(=O)N1CCC[C@H]1C(=O)N[C@H](C=O)CC(=O)O)C(C)C. The molecule has 2 heterocycles. The zero-order valence-corrected chi connectivity index (χ0v) is 18.0. The zero-order valence-electron chi connectivity index (χ0n) is 17.2. The van der Waals surface area contributed by atoms with Crippen LogP contribution in [0.4, 0.5) is 0 Å². The van der Waals surface area contributed by atoms with Crippen molar-refractivity contribution in [2.45, 2.75) is 58.2 Å². The Kier molecular flexibility index (Phi) is 8.10. The topological polar surface area (TPSA) is 133 Å². The summed E-state index contributed by atoms with van der Waals surface area (Å²) in [5.41, 5.74) is 0.823. The van der Waals surface area contributed by atoms with Gasteiger partial charge in [0.05, 0.1) is 17.3 Å². The second-order valence-corrected chi connectivity index (χ2v) is 8.58. The molecule has 1 aromatic heterocycles. The number of nitrogens with zero attached hydrogens (tertiary/aromatic N) is 1. The van der Waals surface area contributed by atoms with Crippen LogP contribution < -0.4 is 10.6 Å². The summed E-state index contributed by atoms with van der Waals surface area (Å²) in [6, 6.07) is -0.952. The Balaban J connectivity index is 2.11. The number of aliphatic carboxylic acids is 1. The van der Waals surface area contributed by atoms with Crippen LogP contribution in [0.5, 0.6) is 0 Å². The van der Waals surface area contributed by atoms with E-state index in [0.29, 0.717) is 30.5 Å². The largest absolute Gasteiger partial charge is 0.481 e. The third-order valence-electron chi connectivity index (χ3n) is 5.01. The molecule has 1 saturated heterocycles. The van der Waals surface area contributed by atoms with Crippen molar-refractivity contribution < 1.29 is 29.1 Å². The number of carbonyl (C=O) groups excluding carboxylic acids is 4. The Morgan fingerprint density at radius 1 is 1.30 bits per heavy atom. The number of nitrogens with one attached hydrogen (secondary N) is 2. The van der Waals surface area contributed by atoms with E-state index in [2.05, 4.69) is 10.6 Å². The van der Waals surface area contributed by atoms with Crippen LogP contribution in [-0.2, 0) is 19.2 Å². The lowest BCUT2D eigenvalue weighted by atomic mass is 10.0. The quantitative estimate of drug-likeness (QED) is 0.493. The Morgan fingerprint density at radius 3 is 2.53 bits per heavy atom. The molecule has 3 atom stereocenters. The van der Waals surface area contributed by atoms with E-state index in [1.807, 2.05) is 26.8 Å². The van der Waals surface area contributed by atoms with Gasteiger partial charge in [0.15, 0.2) is 0 Å². The number of carbonyl (C=O) groups is 5. The fourth-order valence-corrected chi connectivity index (χ4v) is 4.24. The molecule has 0 bridgehead atoms. The van der Waals surface area contributed by atoms with Crippen molar-refractivity contribution in [2.24, 2.45) is 5.92 Å². The number of hydrogen-bond donors (Lipinski definition) is 3. The highest BCUT2D eigenvalue weighted by Gasteiger charge is 2.39. The number of aldehydes is 1. The van der Waals surface area contributed by atoms with E-state index in [0.717, 1.165) is 5.56 Å². The lowest BCUT2D eigenvalue weighted by Gasteiger charge is -2.30. The highest BCUT2D eigenvalue weighted by Crippen LogP contribution is 2.22. The molecule has 0 saturated carbocycles. The van der Waals surface area contributed by atoms with Crippen LogP contribution in [0.25, 0.3) is 0 Å². The van der Waals surface area contributed by atoms with Gasteiger partial charge in [0.1, 0.15) is 18.4 Å². The van der Waals surface area contributed by atoms with Crippen molar-refractivity contribution in [1.29, 1.82) is 0 Å². The van der Waals surface area contributed by atoms with Gasteiger partial charge in [-0.05, 0) is 42.7 Å². The molecule has 10 heteroatoms. The van der Waals surface area contributed by atoms with Gasteiger partial charge in [-0.3, -0.25) is 19.2 Å². The van der Waals surface area contributed by atoms with E-state index in [9.17, 15) is 24.0 Å². The molecule has 1 aromatic rings. The lowest BCUT2D eigenvalue weighted by molar-refractivity contribution is -0.142. The number of likely N-dealkylation sites (tertiary alicyclic amines) is 1. The normalized spacial score (nSPS) is 18.0. The standard InChI is InChI=1S/C20H27N3O6S/c1-11(2)16(22-19(28)17-12(3)6-8-30-17)20(29)23-7-4-5-14(23)18(27)21-13(10-24)9-15(25)26/h6,8,10-11,13-14,16H,4-5,7,9H2,1-3H3,(H,21,27)(H,22,28)(H,25,26)/t13-,14-,16-/m0/s1. The van der Waals surface area contributed by atoms with E-state index in [4.69, 9.17) is 5.11 Å². The maximum atomic E-state index is 13.2. The third kappa shape index (κ3) is 5.65. The molecule has 3 amide bonds. The van der Waals surface area contributed by atoms with Crippen LogP contribution in [0.15, 0.2) is 11.4 Å². The summed E-state index contributed by atoms with van der Waals surface area (Å²) in [7, 11) is 0. The number of amides is 3. The molecule has 0 aliphatic carbocycles. The van der Waals surface area contributed by atoms with Crippen LogP contribution in [0.1, 0.15) is 48.3 Å². The minimum absolute atomic E-state index is 0.208. The molecule has 2 rings (SSSR count). The minimum atomic E-state index is -1.21. The van der Waals surface area contributed by atoms with Crippen LogP contribution in [0.3, 0.4) is 0 Å². The minimum Gasteiger partial charge on any atom is -0.481 e. The van der Waals surface area contributed by atoms with Crippen LogP contribution in [0.2, 0.25) is 0 Å². The summed E-state index contributed by atoms with van der Waals surface area (Å²) in [6.07, 6.45) is 0.838. The van der Waals surface area contributed by atoms with Gasteiger partial charge in [-0.25, -0.2) is 0 Å². The van der Waals surface area contributed by atoms with Crippen LogP contribution in [-0.4, -0.2) is 64.7 Å². The van der Waals surface area contributed by atoms with Crippen molar-refractivity contribution >= 4 is 41.3 Å². The zero-order chi connectivity index (χ0) is 22.4. The molecule has 30 heavy (non-hydrogen) atoms. The Labute approximate surface area is 178 Å². The molecule has 1 fully saturated rings. The molecule has 0 aromatic carbocycles. The highest BCUT2D eigenvalue weighted by atomic mass is 32.1. The van der Waals surface area contributed by atoms with Crippen LogP contribution in [0, 0.1) is 12.8 Å². The number of aryl methyl sites for hydroxylation is 1. The lowest BCUT2D eigenvalue weighted by Crippen LogP contribution is -2.56. The fraction of sp³-hybridized carbons (Fsp3) is 0.550. The first kappa shape index (κ1) is 23.5. The molecule has 0 unspecified atom stereocenters. The van der Waals surface area contributed by atoms with Gasteiger partial charge in [-0.15, -0.1) is 11.3 Å². The van der Waals surface area contributed by atoms with Gasteiger partial charge in [-0.2, -0.15) is 0 Å². The van der Waals surface area contributed by atoms with Crippen molar-refractivity contribution in [3.8, 4) is 0 Å². The van der Waals surface area contributed by atoms with E-state index >= 15 is 0 Å². The molecular formula is C20H27N3O6S. The van der Waals surface area contributed by atoms with Gasteiger partial charge in [0.25, 0.3) is 5.91 Å². The third-order valence-corrected chi connectivity index (χ3v) is 6.03. The second kappa shape index (κ2) is 10.3. The Hall–Kier alpha value is -2.75. The van der Waals surface area contributed by atoms with Crippen molar-refractivity contribution in [2.75, 3.05) is 6.54 Å². The first-order chi connectivity index (χ1) is 14.1. The molecule has 9 nitrogen and oxygen atoms in total. The monoisotopic (exact) mass is 437 g/mol. The molecule has 0 spiro atoms. The summed E-state index contributed by atoms with van der Waals surface area (Å²) in [5, 5.41) is 15.8. The molecule has 1 aliphatic rings. The maximum absolute atomic E-state index is 13.2. The van der Waals surface area contributed by atoms with Gasteiger partial charge in [0.2, 0.25) is 11.8 Å². The maximum Gasteiger partial charge on any atom is 0.305 e.